The van der Waals surface area contributed by atoms with Gasteiger partial charge in [-0.15, -0.1) is 0 Å². The van der Waals surface area contributed by atoms with E-state index in [9.17, 15) is 19.5 Å². The molecule has 1 aliphatic heterocycles. The Labute approximate surface area is 171 Å². The number of carbonyl (C=O) groups is 3. The summed E-state index contributed by atoms with van der Waals surface area (Å²) in [5.74, 6) is -2.27. The molecule has 30 heavy (non-hydrogen) atoms. The number of benzene rings is 2. The summed E-state index contributed by atoms with van der Waals surface area (Å²) in [4.78, 5) is 38.1. The highest BCUT2D eigenvalue weighted by Gasteiger charge is 2.26. The summed E-state index contributed by atoms with van der Waals surface area (Å²) in [5, 5.41) is 21.2. The molecular weight excluding hydrogens is 384 g/mol. The normalized spacial score (nSPS) is 13.9. The highest BCUT2D eigenvalue weighted by atomic mass is 16.4. The quantitative estimate of drug-likeness (QED) is 0.488. The first-order valence-corrected chi connectivity index (χ1v) is 9.20. The Morgan fingerprint density at radius 1 is 0.933 bits per heavy atom. The number of carbonyl (C=O) groups excluding carboxylic acids is 1. The molecule has 0 spiro atoms. The van der Waals surface area contributed by atoms with Gasteiger partial charge in [-0.2, -0.15) is 0 Å². The topological polar surface area (TPSA) is 119 Å². The Morgan fingerprint density at radius 3 is 2.20 bits per heavy atom. The summed E-state index contributed by atoms with van der Waals surface area (Å²) in [5.41, 5.74) is 5.57. The van der Waals surface area contributed by atoms with Crippen molar-refractivity contribution in [3.63, 3.8) is 0 Å². The monoisotopic (exact) mass is 402 g/mol. The molecule has 3 aromatic rings. The number of amides is 1. The number of hydrogen-bond acceptors (Lipinski definition) is 3. The van der Waals surface area contributed by atoms with Crippen LogP contribution in [0.3, 0.4) is 0 Å². The van der Waals surface area contributed by atoms with E-state index in [4.69, 9.17) is 5.11 Å². The van der Waals surface area contributed by atoms with Crippen molar-refractivity contribution < 1.29 is 24.6 Å². The van der Waals surface area contributed by atoms with Gasteiger partial charge in [-0.1, -0.05) is 24.3 Å². The maximum Gasteiger partial charge on any atom is 0.337 e. The van der Waals surface area contributed by atoms with Gasteiger partial charge in [0.1, 0.15) is 0 Å². The average Bonchev–Trinajstić information content (AvgIpc) is 3.16. The number of carboxylic acid groups (broad SMARTS) is 2. The van der Waals surface area contributed by atoms with Crippen LogP contribution in [-0.4, -0.2) is 33.0 Å². The van der Waals surface area contributed by atoms with Crippen molar-refractivity contribution in [2.75, 3.05) is 5.32 Å². The van der Waals surface area contributed by atoms with E-state index in [1.165, 1.54) is 12.1 Å². The minimum atomic E-state index is -1.01. The van der Waals surface area contributed by atoms with Crippen molar-refractivity contribution in [1.29, 1.82) is 0 Å². The smallest absolute Gasteiger partial charge is 0.337 e. The molecule has 2 aromatic carbocycles. The standard InChI is InChI=1S/C23H18N2O5/c1-11-18(24-12(2)20(11)23(29)30)10-17-16-8-7-15(9-19(16)25-21(17)26)13-3-5-14(6-4-13)22(27)28/h3-10,24H,1-2H3,(H,25,26)(H,27,28)(H,29,30). The lowest BCUT2D eigenvalue weighted by Gasteiger charge is -2.05. The number of anilines is 1. The minimum absolute atomic E-state index is 0.204. The Kier molecular flexibility index (Phi) is 4.50. The van der Waals surface area contributed by atoms with Crippen LogP contribution in [0.4, 0.5) is 5.69 Å². The number of nitrogens with one attached hydrogen (secondary N) is 2. The van der Waals surface area contributed by atoms with Crippen LogP contribution in [0, 0.1) is 13.8 Å². The molecule has 0 saturated carbocycles. The first-order valence-electron chi connectivity index (χ1n) is 9.20. The third-order valence-corrected chi connectivity index (χ3v) is 5.25. The second-order valence-electron chi connectivity index (χ2n) is 7.12. The number of aromatic amines is 1. The lowest BCUT2D eigenvalue weighted by molar-refractivity contribution is -0.110. The zero-order valence-electron chi connectivity index (χ0n) is 16.2. The van der Waals surface area contributed by atoms with E-state index in [-0.39, 0.29) is 17.0 Å². The van der Waals surface area contributed by atoms with Crippen LogP contribution in [0.5, 0.6) is 0 Å². The van der Waals surface area contributed by atoms with Crippen molar-refractivity contribution in [3.05, 3.63) is 76.1 Å². The molecule has 0 fully saturated rings. The fourth-order valence-electron chi connectivity index (χ4n) is 3.71. The van der Waals surface area contributed by atoms with Crippen LogP contribution in [0.25, 0.3) is 22.8 Å². The summed E-state index contributed by atoms with van der Waals surface area (Å²) < 4.78 is 0. The third kappa shape index (κ3) is 3.16. The maximum absolute atomic E-state index is 12.6. The summed E-state index contributed by atoms with van der Waals surface area (Å²) in [6.45, 7) is 3.39. The molecule has 7 nitrogen and oxygen atoms in total. The van der Waals surface area contributed by atoms with Crippen molar-refractivity contribution in [2.45, 2.75) is 13.8 Å². The molecule has 0 radical (unpaired) electrons. The Morgan fingerprint density at radius 2 is 1.60 bits per heavy atom. The zero-order chi connectivity index (χ0) is 21.6. The van der Waals surface area contributed by atoms with E-state index in [1.807, 2.05) is 18.2 Å². The van der Waals surface area contributed by atoms with E-state index < -0.39 is 11.9 Å². The van der Waals surface area contributed by atoms with Crippen LogP contribution in [0.15, 0.2) is 42.5 Å². The van der Waals surface area contributed by atoms with Crippen molar-refractivity contribution >= 4 is 35.2 Å². The van der Waals surface area contributed by atoms with Crippen LogP contribution in [0.1, 0.15) is 43.2 Å². The van der Waals surface area contributed by atoms with Gasteiger partial charge >= 0.3 is 11.9 Å². The lowest BCUT2D eigenvalue weighted by Crippen LogP contribution is -2.03. The maximum atomic E-state index is 12.6. The van der Waals surface area contributed by atoms with Crippen molar-refractivity contribution in [3.8, 4) is 11.1 Å². The molecule has 7 heteroatoms. The van der Waals surface area contributed by atoms with E-state index in [0.29, 0.717) is 28.2 Å². The predicted molar refractivity (Wildman–Crippen MR) is 113 cm³/mol. The van der Waals surface area contributed by atoms with Gasteiger partial charge in [0, 0.05) is 22.6 Å². The summed E-state index contributed by atoms with van der Waals surface area (Å²) >= 11 is 0. The van der Waals surface area contributed by atoms with Gasteiger partial charge in [0.15, 0.2) is 0 Å². The number of aromatic nitrogens is 1. The van der Waals surface area contributed by atoms with Crippen molar-refractivity contribution in [2.24, 2.45) is 0 Å². The molecule has 4 N–H and O–H groups in total. The van der Waals surface area contributed by atoms with Gasteiger partial charge in [0.2, 0.25) is 0 Å². The molecule has 0 bridgehead atoms. The minimum Gasteiger partial charge on any atom is -0.478 e. The second kappa shape index (κ2) is 7.04. The first kappa shape index (κ1) is 19.2. The molecular formula is C23H18N2O5. The molecule has 4 rings (SSSR count). The third-order valence-electron chi connectivity index (χ3n) is 5.25. The number of rotatable bonds is 4. The Hall–Kier alpha value is -4.13. The van der Waals surface area contributed by atoms with Gasteiger partial charge in [0.25, 0.3) is 5.91 Å². The number of aryl methyl sites for hydroxylation is 1. The number of fused-ring (bicyclic) bond motifs is 1. The van der Waals surface area contributed by atoms with Crippen LogP contribution >= 0.6 is 0 Å². The highest BCUT2D eigenvalue weighted by molar-refractivity contribution is 6.35. The fraction of sp³-hybridized carbons (Fsp3) is 0.0870. The largest absolute Gasteiger partial charge is 0.478 e. The number of hydrogen-bond donors (Lipinski definition) is 4. The van der Waals surface area contributed by atoms with Gasteiger partial charge in [-0.05, 0) is 54.8 Å². The fourth-order valence-corrected chi connectivity index (χ4v) is 3.71. The zero-order valence-corrected chi connectivity index (χ0v) is 16.2. The lowest BCUT2D eigenvalue weighted by atomic mass is 9.99. The van der Waals surface area contributed by atoms with Crippen LogP contribution < -0.4 is 5.32 Å². The SMILES string of the molecule is Cc1[nH]c(C=C2C(=O)Nc3cc(-c4ccc(C(=O)O)cc4)ccc32)c(C)c1C(=O)O. The molecule has 150 valence electrons. The van der Waals surface area contributed by atoms with Gasteiger partial charge in [-0.25, -0.2) is 9.59 Å². The number of H-pyrrole nitrogens is 1. The number of aromatic carboxylic acids is 2. The molecule has 1 aromatic heterocycles. The highest BCUT2D eigenvalue weighted by Crippen LogP contribution is 2.37. The van der Waals surface area contributed by atoms with Crippen molar-refractivity contribution in [1.82, 2.24) is 4.98 Å². The van der Waals surface area contributed by atoms with Gasteiger partial charge < -0.3 is 20.5 Å². The molecule has 1 amide bonds. The molecule has 0 saturated heterocycles. The number of carboxylic acids is 2. The Bertz CT molecular complexity index is 1250. The predicted octanol–water partition coefficient (Wildman–Crippen LogP) is 4.19. The Balaban J connectivity index is 1.72. The first-order chi connectivity index (χ1) is 14.3. The average molecular weight is 402 g/mol. The molecule has 0 unspecified atom stereocenters. The van der Waals surface area contributed by atoms with E-state index in [0.717, 1.165) is 16.7 Å². The van der Waals surface area contributed by atoms with E-state index in [2.05, 4.69) is 10.3 Å². The summed E-state index contributed by atoms with van der Waals surface area (Å²) in [7, 11) is 0. The summed E-state index contributed by atoms with van der Waals surface area (Å²) in [6.07, 6.45) is 1.66. The van der Waals surface area contributed by atoms with Gasteiger partial charge in [-0.3, -0.25) is 4.79 Å². The molecule has 1 aliphatic rings. The van der Waals surface area contributed by atoms with Crippen LogP contribution in [0.2, 0.25) is 0 Å². The molecule has 2 heterocycles. The molecule has 0 aliphatic carbocycles. The van der Waals surface area contributed by atoms with E-state index in [1.54, 1.807) is 32.1 Å². The summed E-state index contributed by atoms with van der Waals surface area (Å²) in [6, 6.07) is 12.0. The van der Waals surface area contributed by atoms with Crippen LogP contribution in [-0.2, 0) is 4.79 Å². The molecule has 0 atom stereocenters. The van der Waals surface area contributed by atoms with E-state index >= 15 is 0 Å². The second-order valence-corrected chi connectivity index (χ2v) is 7.12. The van der Waals surface area contributed by atoms with Gasteiger partial charge in [0.05, 0.1) is 16.7 Å².